The number of hydrogen-bond acceptors (Lipinski definition) is 6. The zero-order valence-corrected chi connectivity index (χ0v) is 4.04. The molecule has 1 aliphatic heterocycles. The van der Waals surface area contributed by atoms with Crippen molar-refractivity contribution in [3.05, 3.63) is 15.3 Å². The third-order valence-electron chi connectivity index (χ3n) is 0.656. The largest absolute Gasteiger partial charge is 0.533 e. The summed E-state index contributed by atoms with van der Waals surface area (Å²) in [4.78, 5) is 7.69. The highest BCUT2D eigenvalue weighted by molar-refractivity contribution is 5.45. The third kappa shape index (κ3) is 0.752. The fraction of sp³-hybridized carbons (Fsp3) is 0. The molecule has 0 aliphatic carbocycles. The van der Waals surface area contributed by atoms with Crippen molar-refractivity contribution in [1.82, 2.24) is 0 Å². The van der Waals surface area contributed by atoms with Crippen LogP contribution in [0.4, 0.5) is 0 Å². The van der Waals surface area contributed by atoms with E-state index in [1.807, 2.05) is 0 Å². The molecule has 0 spiro atoms. The van der Waals surface area contributed by atoms with Gasteiger partial charge >= 0.3 is 6.34 Å². The predicted molar refractivity (Wildman–Crippen MR) is 24.0 cm³/mol. The molecule has 1 atom stereocenters. The summed E-state index contributed by atoms with van der Waals surface area (Å²) >= 11 is 0. The minimum Gasteiger partial charge on any atom is -0.533 e. The molecular weight excluding hydrogens is 130 g/mol. The Balaban J connectivity index is 2.88. The number of nitro groups is 1. The van der Waals surface area contributed by atoms with Gasteiger partial charge in [0.25, 0.3) is 5.03 Å². The van der Waals surface area contributed by atoms with Gasteiger partial charge in [0.15, 0.2) is 0 Å². The summed E-state index contributed by atoms with van der Waals surface area (Å²) in [5.41, 5.74) is 0. The van der Waals surface area contributed by atoms with Crippen LogP contribution in [0, 0.1) is 15.3 Å². The van der Waals surface area contributed by atoms with Crippen LogP contribution in [0.25, 0.3) is 0 Å². The van der Waals surface area contributed by atoms with E-state index in [1.54, 1.807) is 0 Å². The first-order valence-electron chi connectivity index (χ1n) is 1.86. The van der Waals surface area contributed by atoms with Crippen LogP contribution < -0.4 is 0 Å². The topological polar surface area (TPSA) is 103 Å². The van der Waals surface area contributed by atoms with Gasteiger partial charge in [0.2, 0.25) is 0 Å². The van der Waals surface area contributed by atoms with Crippen LogP contribution in [0.15, 0.2) is 15.5 Å². The summed E-state index contributed by atoms with van der Waals surface area (Å²) in [7, 11) is 0. The summed E-state index contributed by atoms with van der Waals surface area (Å²) in [5, 5.41) is 27.3. The number of rotatable bonds is 1. The lowest BCUT2D eigenvalue weighted by molar-refractivity contribution is -1.25. The van der Waals surface area contributed by atoms with E-state index in [9.17, 15) is 15.3 Å². The summed E-state index contributed by atoms with van der Waals surface area (Å²) in [5.74, 6) is 0. The van der Waals surface area contributed by atoms with Gasteiger partial charge in [-0.3, -0.25) is 0 Å². The lowest BCUT2D eigenvalue weighted by atomic mass is 11.3. The minimum absolute atomic E-state index is 0.472. The van der Waals surface area contributed by atoms with Crippen molar-refractivity contribution in [3.8, 4) is 0 Å². The molecule has 0 saturated heterocycles. The van der Waals surface area contributed by atoms with E-state index in [-0.39, 0.29) is 0 Å². The van der Waals surface area contributed by atoms with Gasteiger partial charge in [-0.05, 0) is 0 Å². The van der Waals surface area contributed by atoms with E-state index >= 15 is 0 Å². The fourth-order valence-electron chi connectivity index (χ4n) is 0.269. The second-order valence-electron chi connectivity index (χ2n) is 1.24. The summed E-state index contributed by atoms with van der Waals surface area (Å²) in [6.07, 6.45) is 0.472. The molecule has 0 aromatic rings. The third-order valence-corrected chi connectivity index (χ3v) is 0.656. The molecule has 1 heterocycles. The number of nitrogens with zero attached hydrogens (tertiary/aromatic N) is 5. The molecule has 8 heteroatoms. The molecule has 8 nitrogen and oxygen atoms in total. The van der Waals surface area contributed by atoms with Gasteiger partial charge in [0.05, 0.1) is 0 Å². The van der Waals surface area contributed by atoms with Crippen LogP contribution in [-0.2, 0) is 0 Å². The average molecular weight is 131 g/mol. The Morgan fingerprint density at radius 1 is 1.67 bits per heavy atom. The first kappa shape index (κ1) is 5.72. The van der Waals surface area contributed by atoms with E-state index in [4.69, 9.17) is 0 Å². The van der Waals surface area contributed by atoms with E-state index in [0.29, 0.717) is 6.34 Å². The second-order valence-corrected chi connectivity index (χ2v) is 1.24. The van der Waals surface area contributed by atoms with Gasteiger partial charge in [-0.2, -0.15) is 0 Å². The van der Waals surface area contributed by atoms with Crippen molar-refractivity contribution in [2.24, 2.45) is 15.5 Å². The summed E-state index contributed by atoms with van der Waals surface area (Å²) in [6, 6.07) is 0. The quantitative estimate of drug-likeness (QED) is 0.213. The lowest BCUT2D eigenvalue weighted by Gasteiger charge is -2.09. The van der Waals surface area contributed by atoms with E-state index in [0.717, 1.165) is 0 Å². The van der Waals surface area contributed by atoms with Gasteiger partial charge in [-0.25, -0.2) is 10.1 Å². The molecule has 0 radical (unpaired) electrons. The Labute approximate surface area is 48.4 Å². The highest BCUT2D eigenvalue weighted by atomic mass is 16.8. The number of hydroxylamine groups is 1. The SMILES string of the molecule is O=[N+]([O-])[N+]1([O-])C=NN=N1. The molecule has 0 bridgehead atoms. The van der Waals surface area contributed by atoms with Crippen molar-refractivity contribution in [2.45, 2.75) is 0 Å². The first-order chi connectivity index (χ1) is 4.15. The zero-order chi connectivity index (χ0) is 6.91. The Morgan fingerprint density at radius 2 is 2.33 bits per heavy atom. The molecule has 0 fully saturated rings. The molecular formula is CHN5O3. The van der Waals surface area contributed by atoms with E-state index in [2.05, 4.69) is 15.5 Å². The molecule has 48 valence electrons. The summed E-state index contributed by atoms with van der Waals surface area (Å²) in [6.45, 7) is 0. The molecule has 1 aliphatic rings. The van der Waals surface area contributed by atoms with Gasteiger partial charge < -0.3 is 5.21 Å². The molecule has 0 N–H and O–H groups in total. The van der Waals surface area contributed by atoms with Gasteiger partial charge in [0, 0.05) is 5.22 Å². The fourth-order valence-corrected chi connectivity index (χ4v) is 0.269. The van der Waals surface area contributed by atoms with Crippen molar-refractivity contribution < 1.29 is 9.90 Å². The van der Waals surface area contributed by atoms with Crippen LogP contribution in [0.5, 0.6) is 0 Å². The monoisotopic (exact) mass is 131 g/mol. The number of hydrogen-bond donors (Lipinski definition) is 0. The second kappa shape index (κ2) is 1.53. The molecule has 9 heavy (non-hydrogen) atoms. The van der Waals surface area contributed by atoms with Gasteiger partial charge in [-0.15, -0.1) is 0 Å². The van der Waals surface area contributed by atoms with Crippen LogP contribution in [0.3, 0.4) is 0 Å². The van der Waals surface area contributed by atoms with Crippen LogP contribution in [0.1, 0.15) is 0 Å². The van der Waals surface area contributed by atoms with Crippen LogP contribution in [-0.4, -0.2) is 16.2 Å². The van der Waals surface area contributed by atoms with Crippen molar-refractivity contribution in [2.75, 3.05) is 0 Å². The van der Waals surface area contributed by atoms with Crippen molar-refractivity contribution in [1.29, 1.82) is 0 Å². The predicted octanol–water partition coefficient (Wildman–Crippen LogP) is -0.183. The maximum Gasteiger partial charge on any atom is 0.306 e. The Bertz CT molecular complexity index is 182. The lowest BCUT2D eigenvalue weighted by Crippen LogP contribution is -2.38. The van der Waals surface area contributed by atoms with Crippen LogP contribution >= 0.6 is 0 Å². The Hall–Kier alpha value is -1.41. The Morgan fingerprint density at radius 3 is 2.56 bits per heavy atom. The van der Waals surface area contributed by atoms with E-state index < -0.39 is 9.90 Å². The maximum absolute atomic E-state index is 10.4. The standard InChI is InChI=1S/CHN5O3/c7-5(8)6(9)1-2-3-4-6/h1H. The van der Waals surface area contributed by atoms with Gasteiger partial charge in [-0.1, -0.05) is 5.10 Å². The molecule has 1 rings (SSSR count). The van der Waals surface area contributed by atoms with Crippen molar-refractivity contribution in [3.63, 3.8) is 0 Å². The van der Waals surface area contributed by atoms with E-state index in [1.165, 1.54) is 0 Å². The van der Waals surface area contributed by atoms with Crippen molar-refractivity contribution >= 4 is 6.34 Å². The maximum atomic E-state index is 10.4. The first-order valence-corrected chi connectivity index (χ1v) is 1.86. The Kier molecular flexibility index (Phi) is 0.975. The smallest absolute Gasteiger partial charge is 0.306 e. The molecule has 0 amide bonds. The minimum atomic E-state index is -2.06. The molecule has 0 aromatic carbocycles. The summed E-state index contributed by atoms with van der Waals surface area (Å²) < 4.78 is 0. The highest BCUT2D eigenvalue weighted by Crippen LogP contribution is 2.07. The average Bonchev–Trinajstić information content (AvgIpc) is 2.16. The highest BCUT2D eigenvalue weighted by Gasteiger charge is 2.32. The zero-order valence-electron chi connectivity index (χ0n) is 4.04. The van der Waals surface area contributed by atoms with Gasteiger partial charge in [0.1, 0.15) is 10.1 Å². The molecule has 0 aromatic heterocycles. The normalized spacial score (nSPS) is 31.2. The number of quaternary nitrogens is 1. The molecule has 1 unspecified atom stereocenters. The molecule has 0 saturated carbocycles. The van der Waals surface area contributed by atoms with Crippen LogP contribution in [0.2, 0.25) is 0 Å².